The number of fused-ring (bicyclic) bond motifs is 1. The van der Waals surface area contributed by atoms with Crippen molar-refractivity contribution in [1.82, 2.24) is 9.88 Å². The Morgan fingerprint density at radius 2 is 1.89 bits per heavy atom. The molecule has 3 aromatic rings. The van der Waals surface area contributed by atoms with Crippen molar-refractivity contribution >= 4 is 5.91 Å². The fraction of sp³-hybridized carbons (Fsp3) is 0.250. The summed E-state index contributed by atoms with van der Waals surface area (Å²) in [6.45, 7) is 4.07. The molecule has 0 aliphatic carbocycles. The average Bonchev–Trinajstić information content (AvgIpc) is 3.22. The molecular formula is C24H24N2O2. The van der Waals surface area contributed by atoms with Crippen LogP contribution in [0.4, 0.5) is 0 Å². The van der Waals surface area contributed by atoms with E-state index in [2.05, 4.69) is 30.1 Å². The van der Waals surface area contributed by atoms with E-state index in [0.717, 1.165) is 42.0 Å². The van der Waals surface area contributed by atoms with Gasteiger partial charge in [0.05, 0.1) is 18.8 Å². The first-order valence-electron chi connectivity index (χ1n) is 9.80. The van der Waals surface area contributed by atoms with Crippen molar-refractivity contribution in [3.63, 3.8) is 0 Å². The van der Waals surface area contributed by atoms with E-state index >= 15 is 0 Å². The second-order valence-electron chi connectivity index (χ2n) is 7.05. The van der Waals surface area contributed by atoms with Gasteiger partial charge in [-0.05, 0) is 53.4 Å². The summed E-state index contributed by atoms with van der Waals surface area (Å²) < 4.78 is 5.67. The number of ether oxygens (including phenoxy) is 1. The third-order valence-electron chi connectivity index (χ3n) is 5.02. The number of benzene rings is 2. The summed E-state index contributed by atoms with van der Waals surface area (Å²) >= 11 is 0. The number of rotatable bonds is 6. The predicted molar refractivity (Wildman–Crippen MR) is 110 cm³/mol. The van der Waals surface area contributed by atoms with E-state index in [9.17, 15) is 4.79 Å². The Bertz CT molecular complexity index is 952. The number of carbonyl (C=O) groups excluding carboxylic acids is 1. The lowest BCUT2D eigenvalue weighted by atomic mass is 10.0. The zero-order valence-corrected chi connectivity index (χ0v) is 16.1. The van der Waals surface area contributed by atoms with Gasteiger partial charge in [-0.1, -0.05) is 37.3 Å². The van der Waals surface area contributed by atoms with Gasteiger partial charge in [-0.2, -0.15) is 0 Å². The molecule has 0 fully saturated rings. The molecule has 1 aromatic heterocycles. The molecule has 0 radical (unpaired) electrons. The van der Waals surface area contributed by atoms with Crippen LogP contribution < -0.4 is 4.74 Å². The molecule has 28 heavy (non-hydrogen) atoms. The molecule has 0 unspecified atom stereocenters. The summed E-state index contributed by atoms with van der Waals surface area (Å²) in [7, 11) is 0. The molecular weight excluding hydrogens is 348 g/mol. The van der Waals surface area contributed by atoms with E-state index < -0.39 is 0 Å². The van der Waals surface area contributed by atoms with Crippen LogP contribution in [0.1, 0.15) is 35.0 Å². The quantitative estimate of drug-likeness (QED) is 0.628. The lowest BCUT2D eigenvalue weighted by molar-refractivity contribution is 0.0741. The van der Waals surface area contributed by atoms with Gasteiger partial charge in [-0.3, -0.25) is 9.78 Å². The van der Waals surface area contributed by atoms with E-state index in [1.807, 2.05) is 47.4 Å². The summed E-state index contributed by atoms with van der Waals surface area (Å²) in [6, 6.07) is 20.0. The zero-order chi connectivity index (χ0) is 19.3. The molecule has 0 saturated heterocycles. The maximum Gasteiger partial charge on any atom is 0.254 e. The molecule has 0 N–H and O–H groups in total. The SMILES string of the molecule is CCCN(Cc1ccccn1)C(=O)c1ccc(-c2ccc3c(c2)OCC3)cc1. The van der Waals surface area contributed by atoms with Crippen LogP contribution in [-0.4, -0.2) is 28.9 Å². The maximum atomic E-state index is 13.0. The maximum absolute atomic E-state index is 13.0. The Balaban J connectivity index is 1.52. The molecule has 1 aliphatic heterocycles. The number of aromatic nitrogens is 1. The van der Waals surface area contributed by atoms with Crippen LogP contribution in [-0.2, 0) is 13.0 Å². The van der Waals surface area contributed by atoms with E-state index in [1.54, 1.807) is 6.20 Å². The fourth-order valence-corrected chi connectivity index (χ4v) is 3.54. The number of hydrogen-bond donors (Lipinski definition) is 0. The van der Waals surface area contributed by atoms with Crippen molar-refractivity contribution in [2.75, 3.05) is 13.2 Å². The minimum absolute atomic E-state index is 0.0383. The zero-order valence-electron chi connectivity index (χ0n) is 16.1. The lowest BCUT2D eigenvalue weighted by Crippen LogP contribution is -2.31. The Labute approximate surface area is 165 Å². The van der Waals surface area contributed by atoms with Crippen LogP contribution in [0, 0.1) is 0 Å². The van der Waals surface area contributed by atoms with E-state index in [1.165, 1.54) is 5.56 Å². The lowest BCUT2D eigenvalue weighted by Gasteiger charge is -2.22. The van der Waals surface area contributed by atoms with Crippen LogP contribution in [0.3, 0.4) is 0 Å². The van der Waals surface area contributed by atoms with Gasteiger partial charge in [-0.15, -0.1) is 0 Å². The van der Waals surface area contributed by atoms with E-state index in [-0.39, 0.29) is 5.91 Å². The molecule has 0 saturated carbocycles. The predicted octanol–water partition coefficient (Wildman–Crippen LogP) is 4.74. The smallest absolute Gasteiger partial charge is 0.254 e. The molecule has 0 bridgehead atoms. The van der Waals surface area contributed by atoms with E-state index in [4.69, 9.17) is 4.74 Å². The first kappa shape index (κ1) is 18.2. The standard InChI is InChI=1S/C24H24N2O2/c1-2-14-26(17-22-5-3-4-13-25-22)24(27)20-9-6-18(7-10-20)21-11-8-19-12-15-28-23(19)16-21/h3-11,13,16H,2,12,14-15,17H2,1H3. The summed E-state index contributed by atoms with van der Waals surface area (Å²) in [4.78, 5) is 19.2. The minimum atomic E-state index is 0.0383. The summed E-state index contributed by atoms with van der Waals surface area (Å²) in [5.74, 6) is 1.01. The molecule has 0 spiro atoms. The van der Waals surface area contributed by atoms with Crippen LogP contribution in [0.25, 0.3) is 11.1 Å². The second-order valence-corrected chi connectivity index (χ2v) is 7.05. The van der Waals surface area contributed by atoms with Crippen molar-refractivity contribution in [3.8, 4) is 16.9 Å². The van der Waals surface area contributed by atoms with Crippen LogP contribution in [0.15, 0.2) is 66.9 Å². The number of pyridine rings is 1. The summed E-state index contributed by atoms with van der Waals surface area (Å²) in [6.07, 6.45) is 3.65. The number of carbonyl (C=O) groups is 1. The third-order valence-corrected chi connectivity index (χ3v) is 5.02. The number of nitrogens with zero attached hydrogens (tertiary/aromatic N) is 2. The van der Waals surface area contributed by atoms with Crippen molar-refractivity contribution in [3.05, 3.63) is 83.7 Å². The Kier molecular flexibility index (Phi) is 5.38. The molecule has 1 aliphatic rings. The van der Waals surface area contributed by atoms with Gasteiger partial charge in [0.25, 0.3) is 5.91 Å². The van der Waals surface area contributed by atoms with Crippen molar-refractivity contribution in [2.24, 2.45) is 0 Å². The molecule has 4 rings (SSSR count). The highest BCUT2D eigenvalue weighted by Gasteiger charge is 2.17. The normalized spacial score (nSPS) is 12.3. The molecule has 2 heterocycles. The van der Waals surface area contributed by atoms with Gasteiger partial charge in [0.1, 0.15) is 5.75 Å². The minimum Gasteiger partial charge on any atom is -0.493 e. The Morgan fingerprint density at radius 3 is 2.64 bits per heavy atom. The van der Waals surface area contributed by atoms with Gasteiger partial charge >= 0.3 is 0 Å². The van der Waals surface area contributed by atoms with Gasteiger partial charge in [0.15, 0.2) is 0 Å². The molecule has 4 heteroatoms. The van der Waals surface area contributed by atoms with E-state index in [0.29, 0.717) is 18.7 Å². The van der Waals surface area contributed by atoms with Crippen LogP contribution in [0.5, 0.6) is 5.75 Å². The molecule has 2 aromatic carbocycles. The van der Waals surface area contributed by atoms with Crippen LogP contribution >= 0.6 is 0 Å². The van der Waals surface area contributed by atoms with Gasteiger partial charge in [0.2, 0.25) is 0 Å². The molecule has 1 amide bonds. The molecule has 4 nitrogen and oxygen atoms in total. The second kappa shape index (κ2) is 8.26. The molecule has 0 atom stereocenters. The highest BCUT2D eigenvalue weighted by atomic mass is 16.5. The largest absolute Gasteiger partial charge is 0.493 e. The number of hydrogen-bond acceptors (Lipinski definition) is 3. The topological polar surface area (TPSA) is 42.4 Å². The van der Waals surface area contributed by atoms with Gasteiger partial charge < -0.3 is 9.64 Å². The van der Waals surface area contributed by atoms with Gasteiger partial charge in [0, 0.05) is 24.7 Å². The average molecular weight is 372 g/mol. The molecule has 142 valence electrons. The Morgan fingerprint density at radius 1 is 1.07 bits per heavy atom. The monoisotopic (exact) mass is 372 g/mol. The highest BCUT2D eigenvalue weighted by molar-refractivity contribution is 5.94. The van der Waals surface area contributed by atoms with Crippen molar-refractivity contribution < 1.29 is 9.53 Å². The third kappa shape index (κ3) is 3.91. The van der Waals surface area contributed by atoms with Gasteiger partial charge in [-0.25, -0.2) is 0 Å². The van der Waals surface area contributed by atoms with Crippen molar-refractivity contribution in [2.45, 2.75) is 26.3 Å². The van der Waals surface area contributed by atoms with Crippen LogP contribution in [0.2, 0.25) is 0 Å². The summed E-state index contributed by atoms with van der Waals surface area (Å²) in [5, 5.41) is 0. The highest BCUT2D eigenvalue weighted by Crippen LogP contribution is 2.31. The summed E-state index contributed by atoms with van der Waals surface area (Å²) in [5.41, 5.74) is 5.06. The number of amides is 1. The fourth-order valence-electron chi connectivity index (χ4n) is 3.54. The van der Waals surface area contributed by atoms with Crippen molar-refractivity contribution in [1.29, 1.82) is 0 Å². The Hall–Kier alpha value is -3.14. The first-order valence-corrected chi connectivity index (χ1v) is 9.80. The first-order chi connectivity index (χ1) is 13.7.